The topological polar surface area (TPSA) is 162 Å². The number of rotatable bonds is 8. The highest BCUT2D eigenvalue weighted by Gasteiger charge is 2.46. The first kappa shape index (κ1) is 26.5. The van der Waals surface area contributed by atoms with Crippen LogP contribution >= 0.6 is 22.7 Å². The lowest BCUT2D eigenvalue weighted by Gasteiger charge is -2.10. The fourth-order valence-electron chi connectivity index (χ4n) is 2.84. The van der Waals surface area contributed by atoms with Crippen LogP contribution in [0.1, 0.15) is 29.3 Å². The number of hydrogen-bond donors (Lipinski definition) is 3. The molecule has 0 bridgehead atoms. The number of anilines is 1. The molecular formula is C19H17F3N4O6S3. The molecule has 0 fully saturated rings. The van der Waals surface area contributed by atoms with Crippen LogP contribution < -0.4 is 11.1 Å². The third-order valence-corrected chi connectivity index (χ3v) is 7.74. The van der Waals surface area contributed by atoms with Gasteiger partial charge in [-0.05, 0) is 24.6 Å². The smallest absolute Gasteiger partial charge is 0.440 e. The summed E-state index contributed by atoms with van der Waals surface area (Å²) in [5.41, 5.74) is 0.649. The van der Waals surface area contributed by atoms with Gasteiger partial charge in [-0.1, -0.05) is 12.1 Å². The molecule has 10 nitrogen and oxygen atoms in total. The van der Waals surface area contributed by atoms with Gasteiger partial charge in [0.2, 0.25) is 5.91 Å². The van der Waals surface area contributed by atoms with E-state index in [0.717, 1.165) is 46.9 Å². The molecule has 188 valence electrons. The number of nitrogens with zero attached hydrogens (tertiary/aromatic N) is 2. The summed E-state index contributed by atoms with van der Waals surface area (Å²) in [4.78, 5) is 31.5. The van der Waals surface area contributed by atoms with E-state index in [2.05, 4.69) is 15.3 Å². The van der Waals surface area contributed by atoms with Crippen LogP contribution in [0.25, 0.3) is 10.6 Å². The normalized spacial score (nSPS) is 12.8. The minimum absolute atomic E-state index is 0.203. The van der Waals surface area contributed by atoms with Crippen molar-refractivity contribution in [3.05, 3.63) is 45.9 Å². The van der Waals surface area contributed by atoms with Crippen molar-refractivity contribution in [3.8, 4) is 10.6 Å². The zero-order chi connectivity index (χ0) is 26.0. The Labute approximate surface area is 204 Å². The number of carbonyl (C=O) groups is 2. The quantitative estimate of drug-likeness (QED) is 0.385. The minimum atomic E-state index is -5.47. The van der Waals surface area contributed by atoms with Crippen LogP contribution in [-0.2, 0) is 32.4 Å². The Bertz CT molecular complexity index is 1340. The van der Waals surface area contributed by atoms with Gasteiger partial charge in [0.05, 0.1) is 28.5 Å². The maximum atomic E-state index is 12.6. The second kappa shape index (κ2) is 10.3. The van der Waals surface area contributed by atoms with Gasteiger partial charge < -0.3 is 20.9 Å². The van der Waals surface area contributed by atoms with Gasteiger partial charge in [0, 0.05) is 5.38 Å². The molecule has 3 rings (SSSR count). The predicted octanol–water partition coefficient (Wildman–Crippen LogP) is 3.39. The standard InChI is InChI=1S/C19H17F3N4O6S3/c1-9(32-17(23)29)15-16(34-14(7-27)26-15)12-8-33-18(24-12)25-13(28)6-10-2-4-11(5-3-10)35(30,31)19(20,21)22/h2-5,8-9,27H,6-7H2,1H3,(H2,23,29)(H,24,25,28). The molecule has 2 aromatic heterocycles. The molecule has 0 aliphatic rings. The van der Waals surface area contributed by atoms with Gasteiger partial charge in [-0.25, -0.2) is 23.2 Å². The van der Waals surface area contributed by atoms with Gasteiger partial charge in [0.1, 0.15) is 16.8 Å². The van der Waals surface area contributed by atoms with E-state index in [1.165, 1.54) is 0 Å². The van der Waals surface area contributed by atoms with E-state index in [4.69, 9.17) is 10.5 Å². The maximum absolute atomic E-state index is 12.6. The second-order valence-corrected chi connectivity index (χ2v) is 10.8. The van der Waals surface area contributed by atoms with Gasteiger partial charge in [-0.3, -0.25) is 4.79 Å². The van der Waals surface area contributed by atoms with Crippen molar-refractivity contribution in [1.29, 1.82) is 0 Å². The molecule has 4 N–H and O–H groups in total. The van der Waals surface area contributed by atoms with Crippen LogP contribution in [0, 0.1) is 0 Å². The number of thiazole rings is 2. The molecule has 3 aromatic rings. The fourth-order valence-corrected chi connectivity index (χ4v) is 5.36. The summed E-state index contributed by atoms with van der Waals surface area (Å²) in [7, 11) is -5.47. The average Bonchev–Trinajstić information content (AvgIpc) is 3.39. The summed E-state index contributed by atoms with van der Waals surface area (Å²) in [6.07, 6.45) is -2.06. The zero-order valence-corrected chi connectivity index (χ0v) is 20.1. The lowest BCUT2D eigenvalue weighted by molar-refractivity contribution is -0.115. The first-order valence-electron chi connectivity index (χ1n) is 9.54. The molecule has 16 heteroatoms. The highest BCUT2D eigenvalue weighted by molar-refractivity contribution is 7.92. The number of halogens is 3. The van der Waals surface area contributed by atoms with Gasteiger partial charge in [-0.2, -0.15) is 13.2 Å². The fraction of sp³-hybridized carbons (Fsp3) is 0.263. The summed E-state index contributed by atoms with van der Waals surface area (Å²) < 4.78 is 65.7. The van der Waals surface area contributed by atoms with Crippen molar-refractivity contribution in [3.63, 3.8) is 0 Å². The van der Waals surface area contributed by atoms with Crippen LogP contribution in [0.3, 0.4) is 0 Å². The summed E-state index contributed by atoms with van der Waals surface area (Å²) in [5, 5.41) is 14.1. The number of sulfone groups is 1. The summed E-state index contributed by atoms with van der Waals surface area (Å²) >= 11 is 2.20. The number of primary amides is 1. The average molecular weight is 551 g/mol. The van der Waals surface area contributed by atoms with Crippen LogP contribution in [-0.4, -0.2) is 41.0 Å². The molecule has 35 heavy (non-hydrogen) atoms. The second-order valence-electron chi connectivity index (χ2n) is 6.92. The Balaban J connectivity index is 1.72. The highest BCUT2D eigenvalue weighted by atomic mass is 32.2. The Kier molecular flexibility index (Phi) is 7.78. The number of aliphatic hydroxyl groups is 1. The van der Waals surface area contributed by atoms with Gasteiger partial charge in [0.15, 0.2) is 5.13 Å². The Morgan fingerprint density at radius 2 is 1.89 bits per heavy atom. The van der Waals surface area contributed by atoms with Gasteiger partial charge in [0.25, 0.3) is 9.84 Å². The molecule has 0 saturated heterocycles. The molecule has 1 atom stereocenters. The van der Waals surface area contributed by atoms with Crippen LogP contribution in [0.2, 0.25) is 0 Å². The largest absolute Gasteiger partial charge is 0.501 e. The van der Waals surface area contributed by atoms with E-state index in [-0.39, 0.29) is 23.7 Å². The molecule has 0 radical (unpaired) electrons. The number of amides is 2. The van der Waals surface area contributed by atoms with Crippen molar-refractivity contribution >= 4 is 49.6 Å². The van der Waals surface area contributed by atoms with Crippen LogP contribution in [0.5, 0.6) is 0 Å². The first-order chi connectivity index (χ1) is 16.3. The zero-order valence-electron chi connectivity index (χ0n) is 17.7. The van der Waals surface area contributed by atoms with Gasteiger partial charge >= 0.3 is 11.6 Å². The van der Waals surface area contributed by atoms with Crippen molar-refractivity contribution in [2.24, 2.45) is 5.73 Å². The number of hydrogen-bond acceptors (Lipinski definition) is 10. The van der Waals surface area contributed by atoms with Crippen molar-refractivity contribution in [2.75, 3.05) is 5.32 Å². The number of nitrogens with one attached hydrogen (secondary N) is 1. The molecule has 2 heterocycles. The highest BCUT2D eigenvalue weighted by Crippen LogP contribution is 2.36. The number of aromatic nitrogens is 2. The molecule has 1 aromatic carbocycles. The lowest BCUT2D eigenvalue weighted by Crippen LogP contribution is -2.23. The van der Waals surface area contributed by atoms with Crippen molar-refractivity contribution in [2.45, 2.75) is 36.5 Å². The van der Waals surface area contributed by atoms with Crippen molar-refractivity contribution in [1.82, 2.24) is 9.97 Å². The van der Waals surface area contributed by atoms with Crippen LogP contribution in [0.15, 0.2) is 34.5 Å². The molecule has 1 unspecified atom stereocenters. The third-order valence-electron chi connectivity index (χ3n) is 4.40. The molecule has 0 aliphatic heterocycles. The van der Waals surface area contributed by atoms with E-state index in [9.17, 15) is 36.3 Å². The van der Waals surface area contributed by atoms with Gasteiger partial charge in [-0.15, -0.1) is 22.7 Å². The number of ether oxygens (including phenoxy) is 1. The van der Waals surface area contributed by atoms with Crippen LogP contribution in [0.4, 0.5) is 23.1 Å². The number of alkyl halides is 3. The summed E-state index contributed by atoms with van der Waals surface area (Å²) in [6, 6.07) is 3.80. The maximum Gasteiger partial charge on any atom is 0.501 e. The predicted molar refractivity (Wildman–Crippen MR) is 120 cm³/mol. The minimum Gasteiger partial charge on any atom is -0.440 e. The first-order valence-corrected chi connectivity index (χ1v) is 12.7. The van der Waals surface area contributed by atoms with Crippen molar-refractivity contribution < 1.29 is 41.0 Å². The number of benzene rings is 1. The number of carbonyl (C=O) groups excluding carboxylic acids is 2. The summed E-state index contributed by atoms with van der Waals surface area (Å²) in [6.45, 7) is 1.20. The Morgan fingerprint density at radius 3 is 2.46 bits per heavy atom. The molecule has 0 spiro atoms. The number of nitrogens with two attached hydrogens (primary N) is 1. The molecule has 2 amide bonds. The summed E-state index contributed by atoms with van der Waals surface area (Å²) in [5.74, 6) is -0.539. The third kappa shape index (κ3) is 6.14. The van der Waals surface area contributed by atoms with E-state index >= 15 is 0 Å². The Morgan fingerprint density at radius 1 is 1.23 bits per heavy atom. The van der Waals surface area contributed by atoms with E-state index in [1.54, 1.807) is 12.3 Å². The SMILES string of the molecule is CC(OC(N)=O)c1nc(CO)sc1-c1csc(NC(=O)Cc2ccc(S(=O)(=O)C(F)(F)F)cc2)n1. The molecular weight excluding hydrogens is 533 g/mol. The molecule has 0 saturated carbocycles. The van der Waals surface area contributed by atoms with E-state index in [1.807, 2.05) is 0 Å². The monoisotopic (exact) mass is 550 g/mol. The lowest BCUT2D eigenvalue weighted by atomic mass is 10.1. The molecule has 0 aliphatic carbocycles. The number of aliphatic hydroxyl groups excluding tert-OH is 1. The van der Waals surface area contributed by atoms with E-state index in [0.29, 0.717) is 21.3 Å². The Hall–Kier alpha value is -3.08. The van der Waals surface area contributed by atoms with E-state index < -0.39 is 38.3 Å².